The van der Waals surface area contributed by atoms with Crippen molar-refractivity contribution in [1.29, 1.82) is 0 Å². The Morgan fingerprint density at radius 2 is 2.00 bits per heavy atom. The summed E-state index contributed by atoms with van der Waals surface area (Å²) in [7, 11) is 0. The van der Waals surface area contributed by atoms with E-state index in [4.69, 9.17) is 0 Å². The van der Waals surface area contributed by atoms with Gasteiger partial charge < -0.3 is 4.90 Å². The van der Waals surface area contributed by atoms with Crippen LogP contribution < -0.4 is 4.90 Å². The van der Waals surface area contributed by atoms with Gasteiger partial charge in [0, 0.05) is 20.0 Å². The van der Waals surface area contributed by atoms with Gasteiger partial charge in [-0.05, 0) is 12.1 Å². The molecule has 0 unspecified atom stereocenters. The minimum absolute atomic E-state index is 0.0226. The first kappa shape index (κ1) is 12.2. The van der Waals surface area contributed by atoms with Crippen LogP contribution in [0.2, 0.25) is 0 Å². The number of rotatable bonds is 6. The van der Waals surface area contributed by atoms with Crippen LogP contribution in [-0.2, 0) is 0 Å². The van der Waals surface area contributed by atoms with E-state index in [2.05, 4.69) is 23.0 Å². The molecule has 0 saturated carbocycles. The van der Waals surface area contributed by atoms with E-state index in [-0.39, 0.29) is 5.78 Å². The number of pyridine rings is 1. The van der Waals surface area contributed by atoms with E-state index in [1.54, 1.807) is 12.3 Å². The van der Waals surface area contributed by atoms with Crippen molar-refractivity contribution in [3.63, 3.8) is 0 Å². The fourth-order valence-corrected chi connectivity index (χ4v) is 1.38. The standard InChI is InChI=1S/C13H16N2O/c1-4-8-15(9-5-2)12-6-7-13(11(3)16)14-10-12/h4-7,10H,1-2,8-9H2,3H3. The zero-order chi connectivity index (χ0) is 12.0. The number of hydrogen-bond acceptors (Lipinski definition) is 3. The van der Waals surface area contributed by atoms with Crippen molar-refractivity contribution in [3.8, 4) is 0 Å². The van der Waals surface area contributed by atoms with Gasteiger partial charge in [0.25, 0.3) is 0 Å². The van der Waals surface area contributed by atoms with Gasteiger partial charge in [-0.3, -0.25) is 9.78 Å². The zero-order valence-electron chi connectivity index (χ0n) is 9.52. The minimum Gasteiger partial charge on any atom is -0.363 e. The molecule has 0 aliphatic carbocycles. The fourth-order valence-electron chi connectivity index (χ4n) is 1.38. The molecule has 1 aromatic rings. The molecule has 0 atom stereocenters. The highest BCUT2D eigenvalue weighted by molar-refractivity contribution is 5.92. The summed E-state index contributed by atoms with van der Waals surface area (Å²) in [6.45, 7) is 10.4. The zero-order valence-corrected chi connectivity index (χ0v) is 9.52. The van der Waals surface area contributed by atoms with Gasteiger partial charge in [0.1, 0.15) is 5.69 Å². The van der Waals surface area contributed by atoms with Crippen LogP contribution in [0.25, 0.3) is 0 Å². The second-order valence-electron chi connectivity index (χ2n) is 3.44. The molecule has 0 radical (unpaired) electrons. The maximum absolute atomic E-state index is 11.1. The average Bonchev–Trinajstić information content (AvgIpc) is 2.29. The summed E-state index contributed by atoms with van der Waals surface area (Å²) in [5.41, 5.74) is 1.45. The van der Waals surface area contributed by atoms with E-state index in [1.165, 1.54) is 6.92 Å². The summed E-state index contributed by atoms with van der Waals surface area (Å²) in [6.07, 6.45) is 5.34. The van der Waals surface area contributed by atoms with E-state index in [1.807, 2.05) is 18.2 Å². The molecule has 0 aromatic carbocycles. The van der Waals surface area contributed by atoms with Gasteiger partial charge in [-0.15, -0.1) is 13.2 Å². The van der Waals surface area contributed by atoms with E-state index in [0.717, 1.165) is 18.8 Å². The van der Waals surface area contributed by atoms with Crippen LogP contribution in [0.5, 0.6) is 0 Å². The molecule has 0 saturated heterocycles. The third-order valence-corrected chi connectivity index (χ3v) is 2.17. The molecule has 1 heterocycles. The van der Waals surface area contributed by atoms with Gasteiger partial charge >= 0.3 is 0 Å². The van der Waals surface area contributed by atoms with Crippen LogP contribution in [0.1, 0.15) is 17.4 Å². The van der Waals surface area contributed by atoms with Crippen molar-refractivity contribution in [1.82, 2.24) is 4.98 Å². The molecular formula is C13H16N2O. The van der Waals surface area contributed by atoms with E-state index >= 15 is 0 Å². The monoisotopic (exact) mass is 216 g/mol. The lowest BCUT2D eigenvalue weighted by molar-refractivity contribution is 0.101. The number of carbonyl (C=O) groups excluding carboxylic acids is 1. The lowest BCUT2D eigenvalue weighted by Gasteiger charge is -2.21. The van der Waals surface area contributed by atoms with Crippen LogP contribution in [0, 0.1) is 0 Å². The SMILES string of the molecule is C=CCN(CC=C)c1ccc(C(C)=O)nc1. The van der Waals surface area contributed by atoms with Crippen LogP contribution in [0.3, 0.4) is 0 Å². The lowest BCUT2D eigenvalue weighted by atomic mass is 10.2. The van der Waals surface area contributed by atoms with Crippen molar-refractivity contribution in [2.45, 2.75) is 6.92 Å². The molecule has 1 aromatic heterocycles. The first-order chi connectivity index (χ1) is 7.69. The summed E-state index contributed by atoms with van der Waals surface area (Å²) < 4.78 is 0. The Balaban J connectivity index is 2.88. The molecule has 0 spiro atoms. The average molecular weight is 216 g/mol. The first-order valence-electron chi connectivity index (χ1n) is 5.12. The molecule has 0 aliphatic heterocycles. The molecule has 1 rings (SSSR count). The van der Waals surface area contributed by atoms with Gasteiger partial charge in [-0.1, -0.05) is 12.2 Å². The highest BCUT2D eigenvalue weighted by Crippen LogP contribution is 2.13. The summed E-state index contributed by atoms with van der Waals surface area (Å²) in [6, 6.07) is 3.62. The molecule has 3 heteroatoms. The predicted molar refractivity (Wildman–Crippen MR) is 66.8 cm³/mol. The van der Waals surface area contributed by atoms with Crippen molar-refractivity contribution in [3.05, 3.63) is 49.3 Å². The number of ketones is 1. The second-order valence-corrected chi connectivity index (χ2v) is 3.44. The second kappa shape index (κ2) is 5.85. The Morgan fingerprint density at radius 3 is 2.38 bits per heavy atom. The highest BCUT2D eigenvalue weighted by atomic mass is 16.1. The predicted octanol–water partition coefficient (Wildman–Crippen LogP) is 2.46. The van der Waals surface area contributed by atoms with Crippen LogP contribution in [0.15, 0.2) is 43.6 Å². The van der Waals surface area contributed by atoms with E-state index < -0.39 is 0 Å². The Hall–Kier alpha value is -1.90. The summed E-state index contributed by atoms with van der Waals surface area (Å²) >= 11 is 0. The van der Waals surface area contributed by atoms with Crippen molar-refractivity contribution >= 4 is 11.5 Å². The number of hydrogen-bond donors (Lipinski definition) is 0. The van der Waals surface area contributed by atoms with E-state index in [0.29, 0.717) is 5.69 Å². The van der Waals surface area contributed by atoms with Crippen LogP contribution in [-0.4, -0.2) is 23.9 Å². The Bertz CT molecular complexity index is 371. The number of Topliss-reactive ketones (excluding diaryl/α,β-unsaturated/α-hetero) is 1. The first-order valence-corrected chi connectivity index (χ1v) is 5.12. The van der Waals surface area contributed by atoms with Crippen LogP contribution >= 0.6 is 0 Å². The molecular weight excluding hydrogens is 200 g/mol. The third-order valence-electron chi connectivity index (χ3n) is 2.17. The maximum atomic E-state index is 11.1. The topological polar surface area (TPSA) is 33.2 Å². The Labute approximate surface area is 96.1 Å². The molecule has 16 heavy (non-hydrogen) atoms. The van der Waals surface area contributed by atoms with Gasteiger partial charge in [-0.25, -0.2) is 0 Å². The van der Waals surface area contributed by atoms with Gasteiger partial charge in [0.05, 0.1) is 11.9 Å². The summed E-state index contributed by atoms with van der Waals surface area (Å²) in [4.78, 5) is 17.2. The number of carbonyl (C=O) groups is 1. The van der Waals surface area contributed by atoms with Gasteiger partial charge in [-0.2, -0.15) is 0 Å². The summed E-state index contributed by atoms with van der Waals surface area (Å²) in [5, 5.41) is 0. The number of aromatic nitrogens is 1. The van der Waals surface area contributed by atoms with Crippen molar-refractivity contribution in [2.75, 3.05) is 18.0 Å². The maximum Gasteiger partial charge on any atom is 0.178 e. The normalized spacial score (nSPS) is 9.56. The minimum atomic E-state index is -0.0226. The van der Waals surface area contributed by atoms with Gasteiger partial charge in [0.2, 0.25) is 0 Å². The molecule has 84 valence electrons. The summed E-state index contributed by atoms with van der Waals surface area (Å²) in [5.74, 6) is -0.0226. The largest absolute Gasteiger partial charge is 0.363 e. The fraction of sp³-hybridized carbons (Fsp3) is 0.231. The van der Waals surface area contributed by atoms with Crippen LogP contribution in [0.4, 0.5) is 5.69 Å². The smallest absolute Gasteiger partial charge is 0.178 e. The van der Waals surface area contributed by atoms with Gasteiger partial charge in [0.15, 0.2) is 5.78 Å². The molecule has 0 aliphatic rings. The van der Waals surface area contributed by atoms with Crippen molar-refractivity contribution < 1.29 is 4.79 Å². The Kier molecular flexibility index (Phi) is 4.45. The quantitative estimate of drug-likeness (QED) is 0.541. The highest BCUT2D eigenvalue weighted by Gasteiger charge is 2.05. The Morgan fingerprint density at radius 1 is 1.38 bits per heavy atom. The third kappa shape index (κ3) is 3.05. The van der Waals surface area contributed by atoms with Crippen molar-refractivity contribution in [2.24, 2.45) is 0 Å². The number of nitrogens with zero attached hydrogens (tertiary/aromatic N) is 2. The molecule has 0 N–H and O–H groups in total. The molecule has 3 nitrogen and oxygen atoms in total. The van der Waals surface area contributed by atoms with E-state index in [9.17, 15) is 4.79 Å². The molecule has 0 fully saturated rings. The lowest BCUT2D eigenvalue weighted by Crippen LogP contribution is -2.23. The number of anilines is 1. The molecule has 0 amide bonds. The molecule has 0 bridgehead atoms.